The zero-order chi connectivity index (χ0) is 10.7. The molecule has 0 aliphatic heterocycles. The van der Waals surface area contributed by atoms with Crippen molar-refractivity contribution in [1.29, 1.82) is 0 Å². The summed E-state index contributed by atoms with van der Waals surface area (Å²) in [7, 11) is 0. The molecule has 1 aliphatic rings. The van der Waals surface area contributed by atoms with Crippen molar-refractivity contribution in [2.75, 3.05) is 0 Å². The average molecular weight is 207 g/mol. The van der Waals surface area contributed by atoms with E-state index in [0.29, 0.717) is 6.04 Å². The first-order valence-electron chi connectivity index (χ1n) is 6.00. The van der Waals surface area contributed by atoms with Gasteiger partial charge >= 0.3 is 0 Å². The highest BCUT2D eigenvalue weighted by Gasteiger charge is 2.23. The molecule has 0 bridgehead atoms. The zero-order valence-corrected chi connectivity index (χ0v) is 9.70. The van der Waals surface area contributed by atoms with Crippen LogP contribution in [0.3, 0.4) is 0 Å². The van der Waals surface area contributed by atoms with E-state index in [2.05, 4.69) is 19.2 Å². The van der Waals surface area contributed by atoms with Crippen molar-refractivity contribution in [3.63, 3.8) is 0 Å². The van der Waals surface area contributed by atoms with Gasteiger partial charge in [0.25, 0.3) is 0 Å². The van der Waals surface area contributed by atoms with Crippen LogP contribution in [0.15, 0.2) is 22.8 Å². The molecule has 2 nitrogen and oxygen atoms in total. The number of nitrogens with one attached hydrogen (secondary N) is 1. The minimum absolute atomic E-state index is 0.675. The van der Waals surface area contributed by atoms with Crippen LogP contribution in [0.1, 0.15) is 38.9 Å². The van der Waals surface area contributed by atoms with E-state index in [1.54, 1.807) is 6.26 Å². The van der Waals surface area contributed by atoms with Gasteiger partial charge in [0, 0.05) is 6.04 Å². The Hall–Kier alpha value is -0.760. The smallest absolute Gasteiger partial charge is 0.117 e. The Labute approximate surface area is 92.1 Å². The monoisotopic (exact) mass is 207 g/mol. The Kier molecular flexibility index (Phi) is 3.47. The molecule has 2 atom stereocenters. The fourth-order valence-electron chi connectivity index (χ4n) is 2.77. The van der Waals surface area contributed by atoms with E-state index in [4.69, 9.17) is 4.42 Å². The van der Waals surface area contributed by atoms with Crippen LogP contribution >= 0.6 is 0 Å². The molecule has 0 saturated heterocycles. The Balaban J connectivity index is 1.79. The normalized spacial score (nSPS) is 31.7. The maximum Gasteiger partial charge on any atom is 0.117 e. The van der Waals surface area contributed by atoms with Crippen molar-refractivity contribution in [1.82, 2.24) is 5.32 Å². The first-order chi connectivity index (χ1) is 7.24. The van der Waals surface area contributed by atoms with Crippen molar-refractivity contribution in [3.8, 4) is 0 Å². The van der Waals surface area contributed by atoms with Gasteiger partial charge < -0.3 is 9.73 Å². The highest BCUT2D eigenvalue weighted by atomic mass is 16.3. The summed E-state index contributed by atoms with van der Waals surface area (Å²) in [6.45, 7) is 5.59. The van der Waals surface area contributed by atoms with E-state index in [-0.39, 0.29) is 0 Å². The summed E-state index contributed by atoms with van der Waals surface area (Å²) in [6, 6.07) is 4.65. The summed E-state index contributed by atoms with van der Waals surface area (Å²) in [5.74, 6) is 2.77. The van der Waals surface area contributed by atoms with Gasteiger partial charge in [-0.3, -0.25) is 0 Å². The highest BCUT2D eigenvalue weighted by molar-refractivity contribution is 4.98. The summed E-state index contributed by atoms with van der Waals surface area (Å²) in [6.07, 6.45) is 5.75. The lowest BCUT2D eigenvalue weighted by molar-refractivity contribution is 0.235. The second kappa shape index (κ2) is 4.84. The minimum atomic E-state index is 0.675. The van der Waals surface area contributed by atoms with Crippen molar-refractivity contribution in [2.45, 2.75) is 45.7 Å². The van der Waals surface area contributed by atoms with Crippen molar-refractivity contribution >= 4 is 0 Å². The summed E-state index contributed by atoms with van der Waals surface area (Å²) in [5, 5.41) is 3.59. The van der Waals surface area contributed by atoms with Crippen LogP contribution in [0, 0.1) is 11.8 Å². The van der Waals surface area contributed by atoms with E-state index in [9.17, 15) is 0 Å². The minimum Gasteiger partial charge on any atom is -0.468 e. The number of rotatable bonds is 3. The van der Waals surface area contributed by atoms with Crippen LogP contribution in [-0.4, -0.2) is 6.04 Å². The second-order valence-electron chi connectivity index (χ2n) is 5.07. The lowest BCUT2D eigenvalue weighted by atomic mass is 9.80. The Morgan fingerprint density at radius 1 is 1.27 bits per heavy atom. The quantitative estimate of drug-likeness (QED) is 0.823. The van der Waals surface area contributed by atoms with E-state index in [1.165, 1.54) is 19.3 Å². The molecule has 1 N–H and O–H groups in total. The van der Waals surface area contributed by atoms with Crippen LogP contribution in [0.25, 0.3) is 0 Å². The fraction of sp³-hybridized carbons (Fsp3) is 0.692. The van der Waals surface area contributed by atoms with Crippen molar-refractivity contribution < 1.29 is 4.42 Å². The first kappa shape index (κ1) is 10.7. The zero-order valence-electron chi connectivity index (χ0n) is 9.70. The van der Waals surface area contributed by atoms with Gasteiger partial charge in [0.15, 0.2) is 0 Å². The Bertz CT molecular complexity index is 271. The SMILES string of the molecule is CC1CC(C)CC(NCc2ccco2)C1. The van der Waals surface area contributed by atoms with Crippen molar-refractivity contribution in [3.05, 3.63) is 24.2 Å². The molecule has 1 aliphatic carbocycles. The summed E-state index contributed by atoms with van der Waals surface area (Å²) in [5.41, 5.74) is 0. The third-order valence-corrected chi connectivity index (χ3v) is 3.32. The molecule has 0 amide bonds. The molecule has 15 heavy (non-hydrogen) atoms. The van der Waals surface area contributed by atoms with Crippen LogP contribution in [0.4, 0.5) is 0 Å². The maximum absolute atomic E-state index is 5.32. The van der Waals surface area contributed by atoms with Gasteiger partial charge in [-0.15, -0.1) is 0 Å². The third-order valence-electron chi connectivity index (χ3n) is 3.32. The van der Waals surface area contributed by atoms with E-state index in [1.807, 2.05) is 12.1 Å². The molecule has 1 heterocycles. The molecule has 1 aromatic rings. The maximum atomic E-state index is 5.32. The van der Waals surface area contributed by atoms with Gasteiger partial charge in [0.05, 0.1) is 12.8 Å². The molecule has 0 spiro atoms. The largest absolute Gasteiger partial charge is 0.468 e. The van der Waals surface area contributed by atoms with Gasteiger partial charge in [-0.25, -0.2) is 0 Å². The molecular formula is C13H21NO. The summed E-state index contributed by atoms with van der Waals surface area (Å²) in [4.78, 5) is 0. The Morgan fingerprint density at radius 2 is 2.00 bits per heavy atom. The lowest BCUT2D eigenvalue weighted by Crippen LogP contribution is -2.35. The molecule has 0 aromatic carbocycles. The molecular weight excluding hydrogens is 186 g/mol. The third kappa shape index (κ3) is 3.10. The fourth-order valence-corrected chi connectivity index (χ4v) is 2.77. The second-order valence-corrected chi connectivity index (χ2v) is 5.07. The lowest BCUT2D eigenvalue weighted by Gasteiger charge is -2.31. The molecule has 1 fully saturated rings. The summed E-state index contributed by atoms with van der Waals surface area (Å²) < 4.78 is 5.32. The average Bonchev–Trinajstić information content (AvgIpc) is 2.65. The molecule has 2 heteroatoms. The van der Waals surface area contributed by atoms with Gasteiger partial charge in [0.1, 0.15) is 5.76 Å². The molecule has 1 saturated carbocycles. The van der Waals surface area contributed by atoms with Crippen LogP contribution in [0.5, 0.6) is 0 Å². The van der Waals surface area contributed by atoms with Crippen LogP contribution in [0.2, 0.25) is 0 Å². The predicted octanol–water partition coefficient (Wildman–Crippen LogP) is 3.19. The molecule has 1 aromatic heterocycles. The van der Waals surface area contributed by atoms with Gasteiger partial charge in [-0.05, 0) is 43.2 Å². The molecule has 84 valence electrons. The molecule has 2 unspecified atom stereocenters. The van der Waals surface area contributed by atoms with E-state index in [0.717, 1.165) is 24.1 Å². The van der Waals surface area contributed by atoms with E-state index < -0.39 is 0 Å². The van der Waals surface area contributed by atoms with Crippen molar-refractivity contribution in [2.24, 2.45) is 11.8 Å². The number of furan rings is 1. The standard InChI is InChI=1S/C13H21NO/c1-10-6-11(2)8-12(7-10)14-9-13-4-3-5-15-13/h3-5,10-12,14H,6-9H2,1-2H3. The first-order valence-corrected chi connectivity index (χ1v) is 6.00. The topological polar surface area (TPSA) is 25.2 Å². The van der Waals surface area contributed by atoms with Gasteiger partial charge in [-0.1, -0.05) is 13.8 Å². The predicted molar refractivity (Wildman–Crippen MR) is 61.5 cm³/mol. The van der Waals surface area contributed by atoms with E-state index >= 15 is 0 Å². The number of hydrogen-bond donors (Lipinski definition) is 1. The van der Waals surface area contributed by atoms with Crippen LogP contribution in [-0.2, 0) is 6.54 Å². The van der Waals surface area contributed by atoms with Gasteiger partial charge in [-0.2, -0.15) is 0 Å². The Morgan fingerprint density at radius 3 is 2.60 bits per heavy atom. The number of hydrogen-bond acceptors (Lipinski definition) is 2. The highest BCUT2D eigenvalue weighted by Crippen LogP contribution is 2.28. The van der Waals surface area contributed by atoms with Crippen LogP contribution < -0.4 is 5.32 Å². The van der Waals surface area contributed by atoms with Gasteiger partial charge in [0.2, 0.25) is 0 Å². The molecule has 2 rings (SSSR count). The molecule has 0 radical (unpaired) electrons. The summed E-state index contributed by atoms with van der Waals surface area (Å²) >= 11 is 0.